The van der Waals surface area contributed by atoms with Crippen LogP contribution in [0.5, 0.6) is 0 Å². The fourth-order valence-corrected chi connectivity index (χ4v) is 3.60. The van der Waals surface area contributed by atoms with Crippen LogP contribution in [0.15, 0.2) is 11.0 Å². The molecule has 1 rings (SSSR count). The molecular weight excluding hydrogens is 295 g/mol. The van der Waals surface area contributed by atoms with E-state index in [1.165, 1.54) is 6.92 Å². The summed E-state index contributed by atoms with van der Waals surface area (Å²) in [5.41, 5.74) is 6.02. The zero-order chi connectivity index (χ0) is 16.0. The van der Waals surface area contributed by atoms with Crippen molar-refractivity contribution in [3.63, 3.8) is 0 Å². The molecule has 0 radical (unpaired) electrons. The highest BCUT2D eigenvalue weighted by Crippen LogP contribution is 2.27. The van der Waals surface area contributed by atoms with E-state index in [0.29, 0.717) is 25.2 Å². The van der Waals surface area contributed by atoms with Crippen LogP contribution in [0.2, 0.25) is 0 Å². The Morgan fingerprint density at radius 3 is 2.62 bits per heavy atom. The molecule has 0 aliphatic heterocycles. The highest BCUT2D eigenvalue weighted by atomic mass is 32.2. The van der Waals surface area contributed by atoms with Crippen LogP contribution in [0.25, 0.3) is 0 Å². The summed E-state index contributed by atoms with van der Waals surface area (Å²) in [6, 6.07) is 1.14. The first-order valence-corrected chi connectivity index (χ1v) is 8.42. The van der Waals surface area contributed by atoms with Gasteiger partial charge in [-0.15, -0.1) is 0 Å². The average molecular weight is 318 g/mol. The lowest BCUT2D eigenvalue weighted by molar-refractivity contribution is 0.133. The number of anilines is 1. The highest BCUT2D eigenvalue weighted by Gasteiger charge is 2.22. The lowest BCUT2D eigenvalue weighted by Gasteiger charge is -2.14. The maximum atomic E-state index is 13.5. The van der Waals surface area contributed by atoms with Crippen molar-refractivity contribution in [2.24, 2.45) is 0 Å². The van der Waals surface area contributed by atoms with E-state index in [4.69, 9.17) is 10.5 Å². The second kappa shape index (κ2) is 7.72. The molecule has 120 valence electrons. The second-order valence-corrected chi connectivity index (χ2v) is 6.61. The van der Waals surface area contributed by atoms with Crippen LogP contribution in [-0.2, 0) is 14.8 Å². The van der Waals surface area contributed by atoms with Gasteiger partial charge in [-0.2, -0.15) is 0 Å². The molecule has 0 fully saturated rings. The number of hydrogen-bond acceptors (Lipinski definition) is 4. The number of aryl methyl sites for hydroxylation is 1. The minimum atomic E-state index is -3.71. The van der Waals surface area contributed by atoms with Gasteiger partial charge >= 0.3 is 0 Å². The predicted molar refractivity (Wildman–Crippen MR) is 81.2 cm³/mol. The molecule has 0 amide bonds. The first kappa shape index (κ1) is 17.9. The zero-order valence-electron chi connectivity index (χ0n) is 12.7. The number of rotatable bonds is 8. The van der Waals surface area contributed by atoms with Gasteiger partial charge in [0.2, 0.25) is 10.0 Å². The molecule has 0 heterocycles. The van der Waals surface area contributed by atoms with Crippen molar-refractivity contribution >= 4 is 15.7 Å². The Bertz CT molecular complexity index is 588. The molecule has 0 atom stereocenters. The number of hydrogen-bond donors (Lipinski definition) is 2. The van der Waals surface area contributed by atoms with E-state index in [-0.39, 0.29) is 22.7 Å². The van der Waals surface area contributed by atoms with Gasteiger partial charge in [0.25, 0.3) is 0 Å². The van der Waals surface area contributed by atoms with Crippen LogP contribution in [0.4, 0.5) is 10.1 Å². The van der Waals surface area contributed by atoms with E-state index in [1.54, 1.807) is 6.92 Å². The van der Waals surface area contributed by atoms with Crippen molar-refractivity contribution in [1.82, 2.24) is 4.72 Å². The van der Waals surface area contributed by atoms with E-state index in [0.717, 1.165) is 12.5 Å². The Hall–Kier alpha value is -1.18. The van der Waals surface area contributed by atoms with Gasteiger partial charge in [-0.05, 0) is 43.9 Å². The Labute approximate surface area is 125 Å². The van der Waals surface area contributed by atoms with Crippen molar-refractivity contribution in [1.29, 1.82) is 0 Å². The van der Waals surface area contributed by atoms with Crippen LogP contribution in [0, 0.1) is 19.7 Å². The van der Waals surface area contributed by atoms with Crippen molar-refractivity contribution < 1.29 is 17.5 Å². The van der Waals surface area contributed by atoms with E-state index in [2.05, 4.69) is 4.72 Å². The standard InChI is InChI=1S/C14H23FN2O3S/c1-4-7-20-8-5-6-17-21(18,19)14-10(2)9-12(15)13(16)11(14)3/h9,17H,4-8,16H2,1-3H3. The molecule has 0 unspecified atom stereocenters. The van der Waals surface area contributed by atoms with E-state index < -0.39 is 15.8 Å². The maximum absolute atomic E-state index is 13.5. The number of sulfonamides is 1. The third kappa shape index (κ3) is 4.66. The van der Waals surface area contributed by atoms with Crippen molar-refractivity contribution in [2.75, 3.05) is 25.5 Å². The summed E-state index contributed by atoms with van der Waals surface area (Å²) < 4.78 is 45.8. The summed E-state index contributed by atoms with van der Waals surface area (Å²) in [6.45, 7) is 6.49. The molecule has 0 aliphatic rings. The Morgan fingerprint density at radius 1 is 1.33 bits per heavy atom. The van der Waals surface area contributed by atoms with Gasteiger partial charge in [-0.25, -0.2) is 17.5 Å². The van der Waals surface area contributed by atoms with Crippen LogP contribution in [0.3, 0.4) is 0 Å². The second-order valence-electron chi connectivity index (χ2n) is 4.91. The summed E-state index contributed by atoms with van der Waals surface area (Å²) in [5.74, 6) is -0.600. The summed E-state index contributed by atoms with van der Waals surface area (Å²) in [7, 11) is -3.71. The first-order valence-electron chi connectivity index (χ1n) is 6.93. The van der Waals surface area contributed by atoms with E-state index >= 15 is 0 Å². The Kier molecular flexibility index (Phi) is 6.57. The van der Waals surface area contributed by atoms with Crippen LogP contribution in [0.1, 0.15) is 30.9 Å². The molecule has 0 saturated carbocycles. The fraction of sp³-hybridized carbons (Fsp3) is 0.571. The summed E-state index contributed by atoms with van der Waals surface area (Å²) in [5, 5.41) is 0. The average Bonchev–Trinajstić information content (AvgIpc) is 2.40. The third-order valence-corrected chi connectivity index (χ3v) is 4.83. The molecule has 0 saturated heterocycles. The topological polar surface area (TPSA) is 81.4 Å². The summed E-state index contributed by atoms with van der Waals surface area (Å²) >= 11 is 0. The molecular formula is C14H23FN2O3S. The number of benzene rings is 1. The van der Waals surface area contributed by atoms with Gasteiger partial charge < -0.3 is 10.5 Å². The molecule has 0 spiro atoms. The van der Waals surface area contributed by atoms with Gasteiger partial charge in [0.05, 0.1) is 10.6 Å². The largest absolute Gasteiger partial charge is 0.396 e. The van der Waals surface area contributed by atoms with Crippen molar-refractivity contribution in [3.05, 3.63) is 23.0 Å². The number of halogens is 1. The highest BCUT2D eigenvalue weighted by molar-refractivity contribution is 7.89. The van der Waals surface area contributed by atoms with E-state index in [1.807, 2.05) is 6.92 Å². The summed E-state index contributed by atoms with van der Waals surface area (Å²) in [6.07, 6.45) is 1.51. The summed E-state index contributed by atoms with van der Waals surface area (Å²) in [4.78, 5) is 0.0517. The fourth-order valence-electron chi connectivity index (χ4n) is 2.04. The van der Waals surface area contributed by atoms with Gasteiger partial charge in [0.1, 0.15) is 5.82 Å². The maximum Gasteiger partial charge on any atom is 0.241 e. The Balaban J connectivity index is 2.78. The van der Waals surface area contributed by atoms with Crippen LogP contribution < -0.4 is 10.5 Å². The molecule has 0 bridgehead atoms. The molecule has 0 aliphatic carbocycles. The number of nitrogens with two attached hydrogens (primary N) is 1. The minimum absolute atomic E-state index is 0.0517. The molecule has 1 aromatic carbocycles. The van der Waals surface area contributed by atoms with Crippen LogP contribution in [-0.4, -0.2) is 28.2 Å². The molecule has 5 nitrogen and oxygen atoms in total. The molecule has 0 aromatic heterocycles. The zero-order valence-corrected chi connectivity index (χ0v) is 13.5. The normalized spacial score (nSPS) is 11.8. The first-order chi connectivity index (χ1) is 9.81. The van der Waals surface area contributed by atoms with Gasteiger partial charge in [-0.1, -0.05) is 6.92 Å². The van der Waals surface area contributed by atoms with Crippen LogP contribution >= 0.6 is 0 Å². The van der Waals surface area contributed by atoms with Gasteiger partial charge in [0.15, 0.2) is 0 Å². The van der Waals surface area contributed by atoms with Crippen molar-refractivity contribution in [2.45, 2.75) is 38.5 Å². The van der Waals surface area contributed by atoms with Gasteiger partial charge in [-0.3, -0.25) is 0 Å². The SMILES string of the molecule is CCCOCCCNS(=O)(=O)c1c(C)cc(F)c(N)c1C. The lowest BCUT2D eigenvalue weighted by atomic mass is 10.1. The molecule has 1 aromatic rings. The molecule has 7 heteroatoms. The number of ether oxygens (including phenoxy) is 1. The smallest absolute Gasteiger partial charge is 0.241 e. The monoisotopic (exact) mass is 318 g/mol. The third-order valence-electron chi connectivity index (χ3n) is 3.08. The minimum Gasteiger partial charge on any atom is -0.396 e. The quantitative estimate of drug-likeness (QED) is 0.568. The number of nitrogen functional groups attached to an aromatic ring is 1. The van der Waals surface area contributed by atoms with Gasteiger partial charge in [0, 0.05) is 19.8 Å². The molecule has 3 N–H and O–H groups in total. The predicted octanol–water partition coefficient (Wildman–Crippen LogP) is 2.12. The molecule has 21 heavy (non-hydrogen) atoms. The van der Waals surface area contributed by atoms with E-state index in [9.17, 15) is 12.8 Å². The Morgan fingerprint density at radius 2 is 2.00 bits per heavy atom. The van der Waals surface area contributed by atoms with Crippen molar-refractivity contribution in [3.8, 4) is 0 Å². The number of nitrogens with one attached hydrogen (secondary N) is 1. The lowest BCUT2D eigenvalue weighted by Crippen LogP contribution is -2.27.